The number of benzene rings is 1. The molecule has 0 amide bonds. The van der Waals surface area contributed by atoms with E-state index < -0.39 is 10.0 Å². The molecule has 0 aliphatic heterocycles. The van der Waals surface area contributed by atoms with Gasteiger partial charge in [-0.2, -0.15) is 0 Å². The van der Waals surface area contributed by atoms with Gasteiger partial charge in [0.1, 0.15) is 10.6 Å². The number of sulfonamides is 1. The molecule has 21 heavy (non-hydrogen) atoms. The second-order valence-corrected chi connectivity index (χ2v) is 6.90. The Morgan fingerprint density at radius 2 is 2.14 bits per heavy atom. The molecule has 0 saturated heterocycles. The molecule has 0 unspecified atom stereocenters. The van der Waals surface area contributed by atoms with Crippen LogP contribution in [0.3, 0.4) is 0 Å². The predicted molar refractivity (Wildman–Crippen MR) is 83.8 cm³/mol. The van der Waals surface area contributed by atoms with Crippen LogP contribution in [0.25, 0.3) is 0 Å². The molecule has 116 valence electrons. The number of ether oxygens (including phenoxy) is 1. The Bertz CT molecular complexity index is 624. The van der Waals surface area contributed by atoms with Crippen molar-refractivity contribution in [2.45, 2.75) is 37.0 Å². The highest BCUT2D eigenvalue weighted by molar-refractivity contribution is 7.89. The maximum absolute atomic E-state index is 12.3. The Balaban J connectivity index is 2.03. The highest BCUT2D eigenvalue weighted by Gasteiger charge is 2.19. The van der Waals surface area contributed by atoms with E-state index in [0.717, 1.165) is 19.3 Å². The van der Waals surface area contributed by atoms with Crippen molar-refractivity contribution >= 4 is 15.7 Å². The second kappa shape index (κ2) is 6.95. The van der Waals surface area contributed by atoms with Gasteiger partial charge in [0, 0.05) is 18.3 Å². The molecule has 6 heteroatoms. The zero-order chi connectivity index (χ0) is 15.3. The summed E-state index contributed by atoms with van der Waals surface area (Å²) < 4.78 is 32.4. The summed E-state index contributed by atoms with van der Waals surface area (Å²) in [6.45, 7) is 0.404. The van der Waals surface area contributed by atoms with Crippen molar-refractivity contribution in [3.8, 4) is 5.75 Å². The van der Waals surface area contributed by atoms with E-state index in [1.54, 1.807) is 6.07 Å². The average Bonchev–Trinajstić information content (AvgIpc) is 2.47. The fourth-order valence-electron chi connectivity index (χ4n) is 2.46. The molecule has 0 fully saturated rings. The van der Waals surface area contributed by atoms with Gasteiger partial charge in [-0.05, 0) is 44.2 Å². The van der Waals surface area contributed by atoms with E-state index in [-0.39, 0.29) is 10.6 Å². The van der Waals surface area contributed by atoms with Crippen molar-refractivity contribution < 1.29 is 13.2 Å². The number of nitrogen functional groups attached to an aromatic ring is 1. The number of allylic oxidation sites excluding steroid dienone is 1. The summed E-state index contributed by atoms with van der Waals surface area (Å²) >= 11 is 0. The van der Waals surface area contributed by atoms with E-state index >= 15 is 0 Å². The zero-order valence-electron chi connectivity index (χ0n) is 12.3. The molecule has 2 rings (SSSR count). The van der Waals surface area contributed by atoms with Gasteiger partial charge >= 0.3 is 0 Å². The smallest absolute Gasteiger partial charge is 0.244 e. The van der Waals surface area contributed by atoms with Gasteiger partial charge in [0.2, 0.25) is 10.0 Å². The molecular formula is C15H22N2O3S. The molecule has 0 saturated carbocycles. The van der Waals surface area contributed by atoms with Crippen molar-refractivity contribution in [2.24, 2.45) is 0 Å². The van der Waals surface area contributed by atoms with Crippen molar-refractivity contribution in [1.29, 1.82) is 0 Å². The van der Waals surface area contributed by atoms with E-state index in [1.807, 2.05) is 0 Å². The van der Waals surface area contributed by atoms with Crippen LogP contribution >= 0.6 is 0 Å². The van der Waals surface area contributed by atoms with Gasteiger partial charge in [-0.15, -0.1) is 0 Å². The monoisotopic (exact) mass is 310 g/mol. The molecule has 0 heterocycles. The summed E-state index contributed by atoms with van der Waals surface area (Å²) in [5.74, 6) is 0.263. The van der Waals surface area contributed by atoms with Gasteiger partial charge in [0.05, 0.1) is 7.11 Å². The first-order valence-corrected chi connectivity index (χ1v) is 8.62. The molecule has 0 radical (unpaired) electrons. The Morgan fingerprint density at radius 3 is 2.81 bits per heavy atom. The normalized spacial score (nSPS) is 15.6. The second-order valence-electron chi connectivity index (χ2n) is 5.17. The van der Waals surface area contributed by atoms with Crippen LogP contribution in [0.2, 0.25) is 0 Å². The lowest BCUT2D eigenvalue weighted by Crippen LogP contribution is -2.25. The molecule has 1 aromatic rings. The van der Waals surface area contributed by atoms with Crippen LogP contribution in [0.15, 0.2) is 34.7 Å². The average molecular weight is 310 g/mol. The predicted octanol–water partition coefficient (Wildman–Crippen LogP) is 2.45. The minimum atomic E-state index is -3.58. The third-order valence-corrected chi connectivity index (χ3v) is 5.10. The lowest BCUT2D eigenvalue weighted by Gasteiger charge is -2.14. The van der Waals surface area contributed by atoms with Gasteiger partial charge in [-0.3, -0.25) is 0 Å². The SMILES string of the molecule is COc1cc(N)ccc1S(=O)(=O)NCCC1=CCCCC1. The molecule has 1 aliphatic carbocycles. The van der Waals surface area contributed by atoms with Crippen LogP contribution in [0, 0.1) is 0 Å². The van der Waals surface area contributed by atoms with Crippen molar-refractivity contribution in [1.82, 2.24) is 4.72 Å². The molecule has 1 aromatic carbocycles. The van der Waals surface area contributed by atoms with Crippen LogP contribution in [0.4, 0.5) is 5.69 Å². The van der Waals surface area contributed by atoms with Gasteiger partial charge < -0.3 is 10.5 Å². The summed E-state index contributed by atoms with van der Waals surface area (Å²) in [6, 6.07) is 4.54. The van der Waals surface area contributed by atoms with Crippen molar-refractivity contribution in [3.05, 3.63) is 29.8 Å². The van der Waals surface area contributed by atoms with E-state index in [0.29, 0.717) is 12.2 Å². The number of nitrogens with two attached hydrogens (primary N) is 1. The van der Waals surface area contributed by atoms with Gasteiger partial charge in [0.25, 0.3) is 0 Å². The third kappa shape index (κ3) is 4.22. The first kappa shape index (κ1) is 15.9. The van der Waals surface area contributed by atoms with Crippen LogP contribution in [0.5, 0.6) is 5.75 Å². The summed E-state index contributed by atoms with van der Waals surface area (Å²) in [5.41, 5.74) is 7.45. The largest absolute Gasteiger partial charge is 0.495 e. The van der Waals surface area contributed by atoms with Crippen LogP contribution in [-0.2, 0) is 10.0 Å². The molecule has 0 aromatic heterocycles. The van der Waals surface area contributed by atoms with Crippen LogP contribution in [-0.4, -0.2) is 22.1 Å². The first-order valence-electron chi connectivity index (χ1n) is 7.14. The number of nitrogens with one attached hydrogen (secondary N) is 1. The number of methoxy groups -OCH3 is 1. The fourth-order valence-corrected chi connectivity index (χ4v) is 3.64. The first-order chi connectivity index (χ1) is 10.0. The van der Waals surface area contributed by atoms with E-state index in [2.05, 4.69) is 10.8 Å². The van der Waals surface area contributed by atoms with Crippen molar-refractivity contribution in [3.63, 3.8) is 0 Å². The van der Waals surface area contributed by atoms with Crippen LogP contribution < -0.4 is 15.2 Å². The Morgan fingerprint density at radius 1 is 1.33 bits per heavy atom. The van der Waals surface area contributed by atoms with Crippen LogP contribution in [0.1, 0.15) is 32.1 Å². The van der Waals surface area contributed by atoms with Gasteiger partial charge in [-0.25, -0.2) is 13.1 Å². The van der Waals surface area contributed by atoms with E-state index in [9.17, 15) is 8.42 Å². The Kier molecular flexibility index (Phi) is 5.25. The lowest BCUT2D eigenvalue weighted by atomic mass is 9.97. The quantitative estimate of drug-likeness (QED) is 0.624. The highest BCUT2D eigenvalue weighted by Crippen LogP contribution is 2.26. The summed E-state index contributed by atoms with van der Waals surface area (Å²) in [4.78, 5) is 0.122. The third-order valence-electron chi connectivity index (χ3n) is 3.60. The topological polar surface area (TPSA) is 81.4 Å². The minimum absolute atomic E-state index is 0.122. The molecule has 0 spiro atoms. The summed E-state index contributed by atoms with van der Waals surface area (Å²) in [5, 5.41) is 0. The Hall–Kier alpha value is -1.53. The van der Waals surface area contributed by atoms with E-state index in [1.165, 1.54) is 37.7 Å². The van der Waals surface area contributed by atoms with Gasteiger partial charge in [0.15, 0.2) is 0 Å². The number of anilines is 1. The molecular weight excluding hydrogens is 288 g/mol. The molecule has 3 N–H and O–H groups in total. The summed E-state index contributed by atoms with van der Waals surface area (Å²) in [7, 11) is -2.15. The maximum Gasteiger partial charge on any atom is 0.244 e. The molecule has 1 aliphatic rings. The lowest BCUT2D eigenvalue weighted by molar-refractivity contribution is 0.402. The standard InChI is InChI=1S/C15H22N2O3S/c1-20-14-11-13(16)7-8-15(14)21(18,19)17-10-9-12-5-3-2-4-6-12/h5,7-8,11,17H,2-4,6,9-10,16H2,1H3. The highest BCUT2D eigenvalue weighted by atomic mass is 32.2. The minimum Gasteiger partial charge on any atom is -0.495 e. The number of hydrogen-bond acceptors (Lipinski definition) is 4. The van der Waals surface area contributed by atoms with Gasteiger partial charge in [-0.1, -0.05) is 11.6 Å². The number of rotatable bonds is 6. The fraction of sp³-hybridized carbons (Fsp3) is 0.467. The molecule has 0 atom stereocenters. The van der Waals surface area contributed by atoms with Crippen molar-refractivity contribution in [2.75, 3.05) is 19.4 Å². The maximum atomic E-state index is 12.3. The summed E-state index contributed by atoms with van der Waals surface area (Å²) in [6.07, 6.45) is 7.60. The molecule has 0 bridgehead atoms. The zero-order valence-corrected chi connectivity index (χ0v) is 13.1. The number of hydrogen-bond donors (Lipinski definition) is 2. The molecule has 5 nitrogen and oxygen atoms in total. The Labute approximate surface area is 126 Å². The van der Waals surface area contributed by atoms with E-state index in [4.69, 9.17) is 10.5 Å².